The van der Waals surface area contributed by atoms with E-state index in [2.05, 4.69) is 15.0 Å². The molecule has 0 bridgehead atoms. The average molecular weight is 379 g/mol. The van der Waals surface area contributed by atoms with Crippen LogP contribution in [-0.2, 0) is 13.0 Å². The van der Waals surface area contributed by atoms with Crippen molar-refractivity contribution in [3.63, 3.8) is 0 Å². The van der Waals surface area contributed by atoms with E-state index in [9.17, 15) is 19.2 Å². The number of rotatable bonds is 8. The summed E-state index contributed by atoms with van der Waals surface area (Å²) in [4.78, 5) is 56.9. The zero-order chi connectivity index (χ0) is 19.3. The van der Waals surface area contributed by atoms with E-state index < -0.39 is 17.0 Å². The van der Waals surface area contributed by atoms with Crippen LogP contribution in [0, 0.1) is 0 Å². The molecule has 0 saturated carbocycles. The third-order valence-electron chi connectivity index (χ3n) is 3.58. The second-order valence-corrected chi connectivity index (χ2v) is 6.64. The summed E-state index contributed by atoms with van der Waals surface area (Å²) in [6.07, 6.45) is 2.11. The quantitative estimate of drug-likeness (QED) is 0.345. The van der Waals surface area contributed by atoms with Crippen molar-refractivity contribution in [3.05, 3.63) is 48.5 Å². The van der Waals surface area contributed by atoms with Crippen LogP contribution < -0.4 is 22.5 Å². The number of carbonyl (C=O) groups excluding carboxylic acids is 1. The van der Waals surface area contributed by atoms with Crippen LogP contribution in [0.25, 0.3) is 0 Å². The molecule has 0 aliphatic rings. The predicted molar refractivity (Wildman–Crippen MR) is 99.9 cm³/mol. The van der Waals surface area contributed by atoms with Crippen molar-refractivity contribution >= 4 is 23.4 Å². The van der Waals surface area contributed by atoms with Gasteiger partial charge in [0.05, 0.1) is 5.75 Å². The molecule has 140 valence electrons. The third-order valence-corrected chi connectivity index (χ3v) is 4.46. The van der Waals surface area contributed by atoms with Crippen LogP contribution in [0.1, 0.15) is 42.7 Å². The minimum atomic E-state index is -0.813. The Morgan fingerprint density at radius 3 is 2.62 bits per heavy atom. The Balaban J connectivity index is 2.26. The largest absolute Gasteiger partial charge is 0.384 e. The topological polar surface area (TPSA) is 144 Å². The van der Waals surface area contributed by atoms with Gasteiger partial charge in [-0.2, -0.15) is 0 Å². The minimum Gasteiger partial charge on any atom is -0.384 e. The molecule has 26 heavy (non-hydrogen) atoms. The number of thioether (sulfide) groups is 1. The smallest absolute Gasteiger partial charge is 0.329 e. The van der Waals surface area contributed by atoms with Crippen LogP contribution in [-0.4, -0.2) is 31.1 Å². The third kappa shape index (κ3) is 4.51. The fourth-order valence-electron chi connectivity index (χ4n) is 2.44. The molecule has 0 amide bonds. The lowest BCUT2D eigenvalue weighted by atomic mass is 10.2. The number of aromatic nitrogens is 4. The minimum absolute atomic E-state index is 0.143. The number of aromatic amines is 2. The normalized spacial score (nSPS) is 10.8. The lowest BCUT2D eigenvalue weighted by Crippen LogP contribution is -2.36. The second-order valence-electron chi connectivity index (χ2n) is 5.67. The lowest BCUT2D eigenvalue weighted by molar-refractivity contribution is 0.102. The van der Waals surface area contributed by atoms with Crippen molar-refractivity contribution in [3.8, 4) is 0 Å². The van der Waals surface area contributed by atoms with Crippen molar-refractivity contribution in [2.45, 2.75) is 44.8 Å². The molecule has 2 aromatic heterocycles. The van der Waals surface area contributed by atoms with Crippen LogP contribution >= 0.6 is 11.8 Å². The predicted octanol–water partition coefficient (Wildman–Crippen LogP) is 0.540. The lowest BCUT2D eigenvalue weighted by Gasteiger charge is -2.11. The molecule has 9 nitrogen and oxygen atoms in total. The molecule has 0 radical (unpaired) electrons. The standard InChI is InChI=1S/C16H21N5O4S/c1-3-5-9-7-11(23)19-15(18-9)26-8-10(22)12-13(17)21(6-4-2)16(25)20-14(12)24/h7H,3-6,8,17H2,1-2H3,(H,18,19,23)(H,20,24,25). The maximum atomic E-state index is 12.5. The Kier molecular flexibility index (Phi) is 6.56. The fourth-order valence-corrected chi connectivity index (χ4v) is 3.21. The Morgan fingerprint density at radius 2 is 1.96 bits per heavy atom. The molecule has 0 aliphatic carbocycles. The molecule has 0 aromatic carbocycles. The number of nitrogens with zero attached hydrogens (tertiary/aromatic N) is 2. The molecule has 2 heterocycles. The molecule has 0 fully saturated rings. The number of nitrogen functional groups attached to an aromatic ring is 1. The first kappa shape index (κ1) is 19.7. The Morgan fingerprint density at radius 1 is 1.23 bits per heavy atom. The number of Topliss-reactive ketones (excluding diaryl/α,β-unsaturated/α-hetero) is 1. The SMILES string of the molecule is CCCc1cc(=O)[nH]c(SCC(=O)c2c(N)n(CCC)c(=O)[nH]c2=O)n1. The summed E-state index contributed by atoms with van der Waals surface area (Å²) in [6.45, 7) is 4.11. The molecule has 0 unspecified atom stereocenters. The van der Waals surface area contributed by atoms with Crippen LogP contribution in [0.2, 0.25) is 0 Å². The molecular weight excluding hydrogens is 358 g/mol. The van der Waals surface area contributed by atoms with E-state index in [1.54, 1.807) is 0 Å². The van der Waals surface area contributed by atoms with Crippen LogP contribution in [0.3, 0.4) is 0 Å². The van der Waals surface area contributed by atoms with Gasteiger partial charge in [0.25, 0.3) is 11.1 Å². The van der Waals surface area contributed by atoms with Gasteiger partial charge in [-0.05, 0) is 12.8 Å². The highest BCUT2D eigenvalue weighted by molar-refractivity contribution is 7.99. The van der Waals surface area contributed by atoms with E-state index in [4.69, 9.17) is 5.73 Å². The average Bonchev–Trinajstić information content (AvgIpc) is 2.56. The van der Waals surface area contributed by atoms with Gasteiger partial charge in [0.1, 0.15) is 11.4 Å². The maximum absolute atomic E-state index is 12.5. The zero-order valence-electron chi connectivity index (χ0n) is 14.6. The summed E-state index contributed by atoms with van der Waals surface area (Å²) in [7, 11) is 0. The van der Waals surface area contributed by atoms with Crippen molar-refractivity contribution in [1.82, 2.24) is 19.5 Å². The van der Waals surface area contributed by atoms with E-state index in [1.165, 1.54) is 10.6 Å². The zero-order valence-corrected chi connectivity index (χ0v) is 15.4. The van der Waals surface area contributed by atoms with Crippen molar-refractivity contribution in [2.24, 2.45) is 0 Å². The van der Waals surface area contributed by atoms with E-state index in [0.29, 0.717) is 30.2 Å². The van der Waals surface area contributed by atoms with E-state index in [-0.39, 0.29) is 22.7 Å². The summed E-state index contributed by atoms with van der Waals surface area (Å²) < 4.78 is 1.17. The van der Waals surface area contributed by atoms with Crippen LogP contribution in [0.5, 0.6) is 0 Å². The van der Waals surface area contributed by atoms with Gasteiger partial charge in [0.15, 0.2) is 10.9 Å². The number of nitrogens with one attached hydrogen (secondary N) is 2. The molecule has 0 spiro atoms. The highest BCUT2D eigenvalue weighted by Crippen LogP contribution is 2.15. The van der Waals surface area contributed by atoms with Crippen molar-refractivity contribution in [1.29, 1.82) is 0 Å². The monoisotopic (exact) mass is 379 g/mol. The Labute approximate surface area is 153 Å². The highest BCUT2D eigenvalue weighted by atomic mass is 32.2. The summed E-state index contributed by atoms with van der Waals surface area (Å²) in [5, 5.41) is 0.297. The molecule has 4 N–H and O–H groups in total. The van der Waals surface area contributed by atoms with Gasteiger partial charge in [-0.25, -0.2) is 9.78 Å². The van der Waals surface area contributed by atoms with Gasteiger partial charge < -0.3 is 10.7 Å². The number of H-pyrrole nitrogens is 2. The summed E-state index contributed by atoms with van der Waals surface area (Å²) in [5.74, 6) is -0.828. The summed E-state index contributed by atoms with van der Waals surface area (Å²) in [5.41, 5.74) is 4.50. The second kappa shape index (κ2) is 8.65. The van der Waals surface area contributed by atoms with Gasteiger partial charge in [0, 0.05) is 18.3 Å². The van der Waals surface area contributed by atoms with Crippen molar-refractivity contribution < 1.29 is 4.79 Å². The maximum Gasteiger partial charge on any atom is 0.329 e. The van der Waals surface area contributed by atoms with Crippen LogP contribution in [0.15, 0.2) is 25.6 Å². The van der Waals surface area contributed by atoms with Gasteiger partial charge in [-0.3, -0.25) is 23.9 Å². The molecular formula is C16H21N5O4S. The molecule has 2 rings (SSSR count). The first-order chi connectivity index (χ1) is 12.4. The number of ketones is 1. The van der Waals surface area contributed by atoms with E-state index in [0.717, 1.165) is 18.2 Å². The Hall–Kier alpha value is -2.62. The Bertz CT molecular complexity index is 976. The van der Waals surface area contributed by atoms with Gasteiger partial charge >= 0.3 is 5.69 Å². The first-order valence-corrected chi connectivity index (χ1v) is 9.24. The fraction of sp³-hybridized carbons (Fsp3) is 0.438. The van der Waals surface area contributed by atoms with Crippen molar-refractivity contribution in [2.75, 3.05) is 11.5 Å². The number of hydrogen-bond donors (Lipinski definition) is 3. The number of carbonyl (C=O) groups is 1. The first-order valence-electron chi connectivity index (χ1n) is 8.26. The number of hydrogen-bond acceptors (Lipinski definition) is 7. The molecule has 2 aromatic rings. The number of anilines is 1. The summed E-state index contributed by atoms with van der Waals surface area (Å²) >= 11 is 1.01. The molecule has 0 atom stereocenters. The number of aryl methyl sites for hydroxylation is 1. The van der Waals surface area contributed by atoms with E-state index >= 15 is 0 Å². The number of nitrogens with two attached hydrogens (primary N) is 1. The summed E-state index contributed by atoms with van der Waals surface area (Å²) in [6, 6.07) is 1.42. The van der Waals surface area contributed by atoms with Crippen LogP contribution in [0.4, 0.5) is 5.82 Å². The van der Waals surface area contributed by atoms with Gasteiger partial charge in [0.2, 0.25) is 0 Å². The molecule has 10 heteroatoms. The highest BCUT2D eigenvalue weighted by Gasteiger charge is 2.19. The van der Waals surface area contributed by atoms with Gasteiger partial charge in [-0.1, -0.05) is 32.0 Å². The van der Waals surface area contributed by atoms with E-state index in [1.807, 2.05) is 13.8 Å². The van der Waals surface area contributed by atoms with Gasteiger partial charge in [-0.15, -0.1) is 0 Å². The molecule has 0 aliphatic heterocycles. The molecule has 0 saturated heterocycles.